The number of nitrogens with two attached hydrogens (primary N) is 2. The summed E-state index contributed by atoms with van der Waals surface area (Å²) in [5.41, 5.74) is 3.04. The molecule has 0 bridgehead atoms. The van der Waals surface area contributed by atoms with Gasteiger partial charge < -0.3 is 20.5 Å². The molecule has 40 heavy (non-hydrogen) atoms. The number of carbonyl (C=O) groups is 2. The third-order valence-corrected chi connectivity index (χ3v) is 5.85. The van der Waals surface area contributed by atoms with Gasteiger partial charge in [-0.2, -0.15) is 18.3 Å². The largest absolute Gasteiger partial charge is 0.481 e. The Balaban J connectivity index is 1.70. The number of ether oxygens (including phenoxy) is 2. The van der Waals surface area contributed by atoms with Crippen LogP contribution >= 0.6 is 11.6 Å². The number of halogens is 4. The van der Waals surface area contributed by atoms with E-state index in [1.165, 1.54) is 37.6 Å². The maximum Gasteiger partial charge on any atom is 0.434 e. The van der Waals surface area contributed by atoms with Gasteiger partial charge in [0.05, 0.1) is 48.6 Å². The molecule has 0 aliphatic carbocycles. The lowest BCUT2D eigenvalue weighted by Gasteiger charge is -2.20. The van der Waals surface area contributed by atoms with E-state index in [1.807, 2.05) is 0 Å². The van der Waals surface area contributed by atoms with Crippen LogP contribution in [0.15, 0.2) is 60.8 Å². The highest BCUT2D eigenvalue weighted by Crippen LogP contribution is 2.36. The zero-order chi connectivity index (χ0) is 29.2. The Bertz CT molecular complexity index is 1640. The number of benzene rings is 1. The number of carbonyl (C=O) groups excluding carboxylic acids is 2. The number of methoxy groups -OCH3 is 2. The molecule has 4 aromatic rings. The molecule has 4 rings (SSSR count). The molecule has 0 fully saturated rings. The number of hydrazine groups is 1. The first-order valence-electron chi connectivity index (χ1n) is 11.1. The van der Waals surface area contributed by atoms with E-state index in [-0.39, 0.29) is 33.8 Å². The molecule has 12 nitrogen and oxygen atoms in total. The maximum atomic E-state index is 14.3. The summed E-state index contributed by atoms with van der Waals surface area (Å²) in [4.78, 5) is 32.9. The molecule has 0 aliphatic heterocycles. The Morgan fingerprint density at radius 2 is 1.90 bits per heavy atom. The first kappa shape index (κ1) is 28.1. The first-order chi connectivity index (χ1) is 19.0. The number of nitrogens with zero attached hydrogens (tertiary/aromatic N) is 5. The second-order valence-electron chi connectivity index (χ2n) is 7.91. The Morgan fingerprint density at radius 3 is 2.52 bits per heavy atom. The lowest BCUT2D eigenvalue weighted by atomic mass is 10.1. The lowest BCUT2D eigenvalue weighted by molar-refractivity contribution is -0.143. The molecule has 0 unspecified atom stereocenters. The number of anilines is 2. The van der Waals surface area contributed by atoms with Gasteiger partial charge in [-0.05, 0) is 24.3 Å². The number of aromatic nitrogens is 4. The average molecular weight is 577 g/mol. The van der Waals surface area contributed by atoms with Gasteiger partial charge in [0, 0.05) is 23.2 Å². The minimum atomic E-state index is -4.97. The third-order valence-electron chi connectivity index (χ3n) is 5.57. The quantitative estimate of drug-likeness (QED) is 0.128. The predicted molar refractivity (Wildman–Crippen MR) is 139 cm³/mol. The number of esters is 1. The summed E-state index contributed by atoms with van der Waals surface area (Å²) in [6.45, 7) is 0. The van der Waals surface area contributed by atoms with Crippen molar-refractivity contribution in [1.29, 1.82) is 0 Å². The van der Waals surface area contributed by atoms with E-state index >= 15 is 0 Å². The molecule has 0 atom stereocenters. The van der Waals surface area contributed by atoms with Crippen LogP contribution in [0.2, 0.25) is 5.02 Å². The highest BCUT2D eigenvalue weighted by atomic mass is 35.5. The Labute approximate surface area is 228 Å². The smallest absolute Gasteiger partial charge is 0.434 e. The number of hydrogen-bond acceptors (Lipinski definition) is 10. The van der Waals surface area contributed by atoms with Crippen molar-refractivity contribution in [2.75, 3.05) is 24.5 Å². The van der Waals surface area contributed by atoms with Crippen LogP contribution in [0.1, 0.15) is 16.1 Å². The molecule has 208 valence electrons. The molecular weight excluding hydrogens is 557 g/mol. The van der Waals surface area contributed by atoms with E-state index in [0.29, 0.717) is 15.5 Å². The van der Waals surface area contributed by atoms with Crippen LogP contribution < -0.4 is 26.6 Å². The second kappa shape index (κ2) is 11.1. The molecule has 16 heteroatoms. The maximum absolute atomic E-state index is 14.3. The number of amides is 1. The number of rotatable bonds is 7. The van der Waals surface area contributed by atoms with E-state index in [2.05, 4.69) is 25.1 Å². The molecule has 0 radical (unpaired) electrons. The van der Waals surface area contributed by atoms with E-state index in [9.17, 15) is 22.8 Å². The van der Waals surface area contributed by atoms with Crippen LogP contribution in [0.4, 0.5) is 24.7 Å². The summed E-state index contributed by atoms with van der Waals surface area (Å²) >= 11 is 6.20. The van der Waals surface area contributed by atoms with Gasteiger partial charge >= 0.3 is 12.1 Å². The molecule has 0 spiro atoms. The summed E-state index contributed by atoms with van der Waals surface area (Å²) in [7, 11) is 2.50. The zero-order valence-corrected chi connectivity index (χ0v) is 21.5. The van der Waals surface area contributed by atoms with Crippen LogP contribution in [0, 0.1) is 0 Å². The van der Waals surface area contributed by atoms with Crippen molar-refractivity contribution < 1.29 is 32.2 Å². The van der Waals surface area contributed by atoms with Crippen molar-refractivity contribution in [2.24, 2.45) is 11.6 Å². The Morgan fingerprint density at radius 1 is 1.15 bits per heavy atom. The molecule has 5 N–H and O–H groups in total. The van der Waals surface area contributed by atoms with Gasteiger partial charge in [-0.3, -0.25) is 9.80 Å². The molecule has 1 aromatic carbocycles. The summed E-state index contributed by atoms with van der Waals surface area (Å²) in [5, 5.41) is 7.60. The standard InChI is InChI=1S/C24H20ClF3N8O4/c1-39-22-14-4-3-5-17(13(14)6-7-31-22)36-19(24(26,27)28)15(11-33-36)21(37)34-12-8-16(25)20(32-10-12)35(30)18(9-29)23(38)40-2/h3-11H,29-30H2,1-2H3,(H,34,37)/b18-9-. The minimum Gasteiger partial charge on any atom is -0.481 e. The number of pyridine rings is 2. The first-order valence-corrected chi connectivity index (χ1v) is 11.5. The van der Waals surface area contributed by atoms with Crippen molar-refractivity contribution in [1.82, 2.24) is 19.7 Å². The molecular formula is C24H20ClF3N8O4. The average Bonchev–Trinajstić information content (AvgIpc) is 3.39. The van der Waals surface area contributed by atoms with Gasteiger partial charge in [-0.1, -0.05) is 17.7 Å². The fraction of sp³-hybridized carbons (Fsp3) is 0.125. The lowest BCUT2D eigenvalue weighted by Crippen LogP contribution is -2.36. The van der Waals surface area contributed by atoms with Gasteiger partial charge in [0.1, 0.15) is 0 Å². The Kier molecular flexibility index (Phi) is 7.79. The summed E-state index contributed by atoms with van der Waals surface area (Å²) < 4.78 is 53.3. The van der Waals surface area contributed by atoms with Crippen molar-refractivity contribution in [3.8, 4) is 11.6 Å². The summed E-state index contributed by atoms with van der Waals surface area (Å²) in [5.74, 6) is 3.91. The van der Waals surface area contributed by atoms with E-state index in [4.69, 9.17) is 27.9 Å². The molecule has 0 saturated heterocycles. The van der Waals surface area contributed by atoms with Crippen molar-refractivity contribution in [2.45, 2.75) is 6.18 Å². The van der Waals surface area contributed by atoms with Crippen LogP contribution in [-0.2, 0) is 15.7 Å². The molecule has 3 aromatic heterocycles. The molecule has 3 heterocycles. The molecule has 1 amide bonds. The van der Waals surface area contributed by atoms with Crippen molar-refractivity contribution in [3.63, 3.8) is 0 Å². The van der Waals surface area contributed by atoms with Crippen molar-refractivity contribution in [3.05, 3.63) is 77.1 Å². The van der Waals surface area contributed by atoms with Crippen LogP contribution in [-0.4, -0.2) is 45.8 Å². The monoisotopic (exact) mass is 576 g/mol. The van der Waals surface area contributed by atoms with Crippen LogP contribution in [0.25, 0.3) is 16.5 Å². The van der Waals surface area contributed by atoms with Gasteiger partial charge in [0.15, 0.2) is 17.2 Å². The van der Waals surface area contributed by atoms with Crippen LogP contribution in [0.3, 0.4) is 0 Å². The second-order valence-corrected chi connectivity index (χ2v) is 8.31. The van der Waals surface area contributed by atoms with Gasteiger partial charge in [-0.25, -0.2) is 25.3 Å². The minimum absolute atomic E-state index is 0.0519. The van der Waals surface area contributed by atoms with Crippen molar-refractivity contribution >= 4 is 45.8 Å². The van der Waals surface area contributed by atoms with E-state index in [0.717, 1.165) is 30.7 Å². The fourth-order valence-corrected chi connectivity index (χ4v) is 4.08. The van der Waals surface area contributed by atoms with Gasteiger partial charge in [0.2, 0.25) is 5.88 Å². The highest BCUT2D eigenvalue weighted by Gasteiger charge is 2.41. The summed E-state index contributed by atoms with van der Waals surface area (Å²) in [6.07, 6.45) is -0.837. The summed E-state index contributed by atoms with van der Waals surface area (Å²) in [6, 6.07) is 7.26. The topological polar surface area (TPSA) is 164 Å². The van der Waals surface area contributed by atoms with E-state index in [1.54, 1.807) is 6.07 Å². The van der Waals surface area contributed by atoms with Gasteiger partial charge in [0.25, 0.3) is 5.91 Å². The third kappa shape index (κ3) is 5.19. The molecule has 0 aliphatic rings. The zero-order valence-electron chi connectivity index (χ0n) is 20.7. The normalized spacial score (nSPS) is 11.8. The number of alkyl halides is 3. The predicted octanol–water partition coefficient (Wildman–Crippen LogP) is 3.40. The van der Waals surface area contributed by atoms with Crippen LogP contribution in [0.5, 0.6) is 5.88 Å². The number of nitrogens with one attached hydrogen (secondary N) is 1. The number of hydrogen-bond donors (Lipinski definition) is 3. The van der Waals surface area contributed by atoms with E-state index < -0.39 is 29.3 Å². The highest BCUT2D eigenvalue weighted by molar-refractivity contribution is 6.33. The SMILES string of the molecule is COC(=O)/C(=C/N)N(N)c1ncc(NC(=O)c2cnn(-c3cccc4c(OC)nccc34)c2C(F)(F)F)cc1Cl. The number of fused-ring (bicyclic) bond motifs is 1. The van der Waals surface area contributed by atoms with Gasteiger partial charge in [-0.15, -0.1) is 0 Å². The Hall–Kier alpha value is -4.89. The fourth-order valence-electron chi connectivity index (χ4n) is 3.82. The molecule has 0 saturated carbocycles.